The fourth-order valence-electron chi connectivity index (χ4n) is 1.48. The summed E-state index contributed by atoms with van der Waals surface area (Å²) in [4.78, 5) is 1.16. The van der Waals surface area contributed by atoms with E-state index in [9.17, 15) is 12.8 Å². The first kappa shape index (κ1) is 13.9. The van der Waals surface area contributed by atoms with Gasteiger partial charge >= 0.3 is 0 Å². The van der Waals surface area contributed by atoms with Crippen molar-refractivity contribution in [3.05, 3.63) is 48.3 Å². The van der Waals surface area contributed by atoms with E-state index in [1.807, 2.05) is 0 Å². The lowest BCUT2D eigenvalue weighted by Crippen LogP contribution is -2.12. The molecule has 0 radical (unpaired) electrons. The number of hydrogen-bond acceptors (Lipinski definition) is 4. The molecule has 0 amide bonds. The summed E-state index contributed by atoms with van der Waals surface area (Å²) in [5.74, 6) is -0.361. The van der Waals surface area contributed by atoms with E-state index in [0.29, 0.717) is 9.79 Å². The average molecular weight is 298 g/mol. The maximum atomic E-state index is 13.1. The predicted molar refractivity (Wildman–Crippen MR) is 72.8 cm³/mol. The molecule has 4 N–H and O–H groups in total. The summed E-state index contributed by atoms with van der Waals surface area (Å²) in [6.45, 7) is 0. The standard InChI is InChI=1S/C12H11FN2O2S2/c13-8-2-1-3-10(4-8)18-11-5-9(14)6-12(7-11)19(15,16)17/h1-7H,14H2,(H2,15,16,17). The van der Waals surface area contributed by atoms with Crippen molar-refractivity contribution in [3.8, 4) is 0 Å². The van der Waals surface area contributed by atoms with Gasteiger partial charge in [-0.25, -0.2) is 17.9 Å². The summed E-state index contributed by atoms with van der Waals surface area (Å²) in [7, 11) is -3.82. The Morgan fingerprint density at radius 3 is 2.42 bits per heavy atom. The van der Waals surface area contributed by atoms with Gasteiger partial charge in [-0.3, -0.25) is 0 Å². The minimum atomic E-state index is -3.82. The Kier molecular flexibility index (Phi) is 3.79. The van der Waals surface area contributed by atoms with Gasteiger partial charge in [-0.15, -0.1) is 0 Å². The minimum absolute atomic E-state index is 0.0635. The summed E-state index contributed by atoms with van der Waals surface area (Å²) in [6, 6.07) is 10.3. The van der Waals surface area contributed by atoms with Crippen LogP contribution >= 0.6 is 11.8 Å². The van der Waals surface area contributed by atoms with Crippen LogP contribution in [0.25, 0.3) is 0 Å². The van der Waals surface area contributed by atoms with Crippen molar-refractivity contribution in [2.24, 2.45) is 5.14 Å². The molecule has 0 saturated carbocycles. The molecule has 7 heteroatoms. The summed E-state index contributed by atoms with van der Waals surface area (Å²) in [5, 5.41) is 5.06. The molecule has 0 bridgehead atoms. The molecular weight excluding hydrogens is 287 g/mol. The van der Waals surface area contributed by atoms with Crippen LogP contribution in [0.4, 0.5) is 10.1 Å². The maximum absolute atomic E-state index is 13.1. The first-order valence-corrected chi connectivity index (χ1v) is 7.58. The Morgan fingerprint density at radius 1 is 1.05 bits per heavy atom. The van der Waals surface area contributed by atoms with E-state index in [1.165, 1.54) is 36.0 Å². The lowest BCUT2D eigenvalue weighted by molar-refractivity contribution is 0.597. The molecule has 0 fully saturated rings. The number of halogens is 1. The highest BCUT2D eigenvalue weighted by molar-refractivity contribution is 7.99. The first-order chi connectivity index (χ1) is 8.84. The molecule has 0 spiro atoms. The predicted octanol–water partition coefficient (Wildman–Crippen LogP) is 2.21. The zero-order valence-corrected chi connectivity index (χ0v) is 11.3. The monoisotopic (exact) mass is 298 g/mol. The van der Waals surface area contributed by atoms with Crippen LogP contribution in [0.3, 0.4) is 0 Å². The van der Waals surface area contributed by atoms with Gasteiger partial charge in [-0.2, -0.15) is 0 Å². The normalized spacial score (nSPS) is 11.5. The number of primary sulfonamides is 1. The number of hydrogen-bond donors (Lipinski definition) is 2. The summed E-state index contributed by atoms with van der Waals surface area (Å²) < 4.78 is 35.7. The average Bonchev–Trinajstić information content (AvgIpc) is 2.26. The topological polar surface area (TPSA) is 86.2 Å². The van der Waals surface area contributed by atoms with Crippen LogP contribution in [0.1, 0.15) is 0 Å². The van der Waals surface area contributed by atoms with Gasteiger partial charge in [0.1, 0.15) is 5.82 Å². The lowest BCUT2D eigenvalue weighted by Gasteiger charge is -2.06. The largest absolute Gasteiger partial charge is 0.399 e. The van der Waals surface area contributed by atoms with Crippen LogP contribution < -0.4 is 10.9 Å². The second-order valence-corrected chi connectivity index (χ2v) is 6.55. The van der Waals surface area contributed by atoms with Crippen molar-refractivity contribution in [1.82, 2.24) is 0 Å². The van der Waals surface area contributed by atoms with E-state index >= 15 is 0 Å². The fraction of sp³-hybridized carbons (Fsp3) is 0. The van der Waals surface area contributed by atoms with Crippen molar-refractivity contribution in [1.29, 1.82) is 0 Å². The van der Waals surface area contributed by atoms with Crippen LogP contribution in [0.2, 0.25) is 0 Å². The van der Waals surface area contributed by atoms with Gasteiger partial charge in [0.15, 0.2) is 0 Å². The highest BCUT2D eigenvalue weighted by Gasteiger charge is 2.10. The molecule has 0 saturated heterocycles. The molecule has 19 heavy (non-hydrogen) atoms. The lowest BCUT2D eigenvalue weighted by atomic mass is 10.3. The van der Waals surface area contributed by atoms with Gasteiger partial charge in [0, 0.05) is 15.5 Å². The summed E-state index contributed by atoms with van der Waals surface area (Å²) in [5.41, 5.74) is 5.92. The second kappa shape index (κ2) is 5.20. The van der Waals surface area contributed by atoms with Crippen molar-refractivity contribution in [2.45, 2.75) is 14.7 Å². The van der Waals surface area contributed by atoms with E-state index in [4.69, 9.17) is 10.9 Å². The molecule has 0 unspecified atom stereocenters. The van der Waals surface area contributed by atoms with Crippen LogP contribution in [0, 0.1) is 5.82 Å². The molecule has 0 aromatic heterocycles. The SMILES string of the molecule is Nc1cc(Sc2cccc(F)c2)cc(S(N)(=O)=O)c1. The molecule has 0 aliphatic rings. The number of rotatable bonds is 3. The zero-order valence-electron chi connectivity index (χ0n) is 9.71. The van der Waals surface area contributed by atoms with Gasteiger partial charge in [-0.05, 0) is 36.4 Å². The number of nitrogens with two attached hydrogens (primary N) is 2. The molecule has 2 aromatic rings. The molecule has 0 aliphatic heterocycles. The van der Waals surface area contributed by atoms with Gasteiger partial charge in [0.25, 0.3) is 0 Å². The van der Waals surface area contributed by atoms with Crippen molar-refractivity contribution in [2.75, 3.05) is 5.73 Å². The number of sulfonamides is 1. The Labute approximate surface area is 114 Å². The van der Waals surface area contributed by atoms with E-state index in [2.05, 4.69) is 0 Å². The number of anilines is 1. The van der Waals surface area contributed by atoms with Gasteiger partial charge in [-0.1, -0.05) is 17.8 Å². The Hall–Kier alpha value is -1.57. The maximum Gasteiger partial charge on any atom is 0.238 e. The van der Waals surface area contributed by atoms with E-state index < -0.39 is 10.0 Å². The van der Waals surface area contributed by atoms with Crippen molar-refractivity contribution < 1.29 is 12.8 Å². The molecule has 0 heterocycles. The molecule has 0 atom stereocenters. The smallest absolute Gasteiger partial charge is 0.238 e. The van der Waals surface area contributed by atoms with Crippen LogP contribution in [0.15, 0.2) is 57.2 Å². The molecule has 0 aliphatic carbocycles. The third-order valence-corrected chi connectivity index (χ3v) is 4.12. The summed E-state index contributed by atoms with van der Waals surface area (Å²) in [6.07, 6.45) is 0. The fourth-order valence-corrected chi connectivity index (χ4v) is 3.12. The molecular formula is C12H11FN2O2S2. The Balaban J connectivity index is 2.38. The molecule has 100 valence electrons. The third kappa shape index (κ3) is 3.69. The molecule has 4 nitrogen and oxygen atoms in total. The number of nitrogen functional groups attached to an aromatic ring is 1. The highest BCUT2D eigenvalue weighted by atomic mass is 32.2. The van der Waals surface area contributed by atoms with Gasteiger partial charge in [0.05, 0.1) is 4.90 Å². The molecule has 2 rings (SSSR count). The third-order valence-electron chi connectivity index (χ3n) is 2.26. The Morgan fingerprint density at radius 2 is 1.79 bits per heavy atom. The van der Waals surface area contributed by atoms with Crippen LogP contribution in [-0.4, -0.2) is 8.42 Å². The first-order valence-electron chi connectivity index (χ1n) is 5.21. The van der Waals surface area contributed by atoms with E-state index in [1.54, 1.807) is 18.2 Å². The van der Waals surface area contributed by atoms with Crippen LogP contribution in [0.5, 0.6) is 0 Å². The van der Waals surface area contributed by atoms with E-state index in [0.717, 1.165) is 0 Å². The van der Waals surface area contributed by atoms with Gasteiger partial charge < -0.3 is 5.73 Å². The van der Waals surface area contributed by atoms with Crippen molar-refractivity contribution >= 4 is 27.5 Å². The van der Waals surface area contributed by atoms with Crippen LogP contribution in [-0.2, 0) is 10.0 Å². The Bertz CT molecular complexity index is 717. The van der Waals surface area contributed by atoms with E-state index in [-0.39, 0.29) is 16.4 Å². The minimum Gasteiger partial charge on any atom is -0.399 e. The number of benzene rings is 2. The quantitative estimate of drug-likeness (QED) is 0.851. The van der Waals surface area contributed by atoms with Gasteiger partial charge in [0.2, 0.25) is 10.0 Å². The summed E-state index contributed by atoms with van der Waals surface area (Å²) >= 11 is 1.21. The second-order valence-electron chi connectivity index (χ2n) is 3.84. The zero-order chi connectivity index (χ0) is 14.0. The highest BCUT2D eigenvalue weighted by Crippen LogP contribution is 2.31. The molecule has 2 aromatic carbocycles. The van der Waals surface area contributed by atoms with Crippen molar-refractivity contribution in [3.63, 3.8) is 0 Å².